The molecule has 0 N–H and O–H groups in total. The quantitative estimate of drug-likeness (QED) is 0.170. The van der Waals surface area contributed by atoms with E-state index < -0.39 is 23.9 Å². The third-order valence-electron chi connectivity index (χ3n) is 6.93. The standard InChI is InChI=1S/4C8H16O2.Pb/c4*1-3-5-6-7(4-2)8(9)10;/h4*7H,3-6H2,1-2H3,(H,9,10);/q;;;;+4/p-4. The van der Waals surface area contributed by atoms with Gasteiger partial charge in [0.05, 0.1) is 0 Å². The zero-order valence-electron chi connectivity index (χ0n) is 27.4. The van der Waals surface area contributed by atoms with Gasteiger partial charge in [-0.05, 0) is 75.0 Å². The first-order valence-electron chi connectivity index (χ1n) is 15.7. The molecule has 0 aromatic rings. The van der Waals surface area contributed by atoms with E-state index in [-0.39, 0.29) is 51.0 Å². The van der Waals surface area contributed by atoms with Crippen molar-refractivity contribution in [2.24, 2.45) is 23.7 Å². The summed E-state index contributed by atoms with van der Waals surface area (Å²) in [5, 5.41) is 41.3. The van der Waals surface area contributed by atoms with E-state index in [2.05, 4.69) is 27.7 Å². The predicted octanol–water partition coefficient (Wildman–Crippen LogP) is 3.43. The zero-order valence-corrected chi connectivity index (χ0v) is 31.3. The summed E-state index contributed by atoms with van der Waals surface area (Å²) >= 11 is 0. The minimum atomic E-state index is -0.893. The van der Waals surface area contributed by atoms with E-state index in [1.807, 2.05) is 27.7 Å². The van der Waals surface area contributed by atoms with Crippen LogP contribution in [0, 0.1) is 23.7 Å². The van der Waals surface area contributed by atoms with Gasteiger partial charge in [-0.15, -0.1) is 0 Å². The maximum atomic E-state index is 10.3. The van der Waals surface area contributed by atoms with Crippen molar-refractivity contribution in [2.45, 2.75) is 158 Å². The van der Waals surface area contributed by atoms with Crippen LogP contribution in [0.3, 0.4) is 0 Å². The van der Waals surface area contributed by atoms with Gasteiger partial charge in [-0.1, -0.05) is 107 Å². The molecule has 0 aromatic carbocycles. The summed E-state index contributed by atoms with van der Waals surface area (Å²) in [4.78, 5) is 41.3. The Kier molecular flexibility index (Phi) is 44.4. The summed E-state index contributed by atoms with van der Waals surface area (Å²) < 4.78 is 0. The SMILES string of the molecule is CCCCC(CC)C(=O)[O-].CCCCC(CC)C(=O)[O-].CCCCC(CC)C(=O)[O-].CCCCC(CC)C(=O)[O-].[Pb+4]. The van der Waals surface area contributed by atoms with Gasteiger partial charge in [-0.25, -0.2) is 0 Å². The maximum absolute atomic E-state index is 10.3. The topological polar surface area (TPSA) is 161 Å². The Morgan fingerprint density at radius 1 is 0.390 bits per heavy atom. The van der Waals surface area contributed by atoms with Crippen LogP contribution in [0.1, 0.15) is 158 Å². The minimum absolute atomic E-state index is 0. The van der Waals surface area contributed by atoms with Crippen LogP contribution in [0.2, 0.25) is 0 Å². The molecule has 0 radical (unpaired) electrons. The fourth-order valence-electron chi connectivity index (χ4n) is 3.76. The monoisotopic (exact) mass is 780 g/mol. The Labute approximate surface area is 271 Å². The fourth-order valence-corrected chi connectivity index (χ4v) is 3.76. The summed E-state index contributed by atoms with van der Waals surface area (Å²) in [6.07, 6.45) is 14.1. The molecular formula is C32H60O8Pb. The molecule has 4 atom stereocenters. The summed E-state index contributed by atoms with van der Waals surface area (Å²) in [6, 6.07) is 0. The molecule has 0 bridgehead atoms. The molecule has 0 heterocycles. The largest absolute Gasteiger partial charge is 4.00 e. The molecule has 0 aliphatic rings. The summed E-state index contributed by atoms with van der Waals surface area (Å²) in [7, 11) is 0. The average Bonchev–Trinajstić information content (AvgIpc) is 2.91. The van der Waals surface area contributed by atoms with Gasteiger partial charge in [0.15, 0.2) is 0 Å². The van der Waals surface area contributed by atoms with Gasteiger partial charge in [0.1, 0.15) is 0 Å². The molecule has 0 aromatic heterocycles. The molecule has 0 saturated carbocycles. The van der Waals surface area contributed by atoms with Crippen molar-refractivity contribution in [3.8, 4) is 0 Å². The van der Waals surface area contributed by atoms with Crippen molar-refractivity contribution in [2.75, 3.05) is 0 Å². The summed E-state index contributed by atoms with van der Waals surface area (Å²) in [5.74, 6) is -4.46. The van der Waals surface area contributed by atoms with Crippen molar-refractivity contribution < 1.29 is 39.6 Å². The van der Waals surface area contributed by atoms with Crippen molar-refractivity contribution in [3.05, 3.63) is 0 Å². The molecule has 0 spiro atoms. The van der Waals surface area contributed by atoms with Gasteiger partial charge in [0, 0.05) is 23.9 Å². The van der Waals surface area contributed by atoms with Crippen LogP contribution in [0.25, 0.3) is 0 Å². The van der Waals surface area contributed by atoms with Gasteiger partial charge in [0.25, 0.3) is 0 Å². The van der Waals surface area contributed by atoms with E-state index in [4.69, 9.17) is 0 Å². The van der Waals surface area contributed by atoms with Gasteiger partial charge >= 0.3 is 27.3 Å². The molecule has 0 aliphatic heterocycles. The molecule has 41 heavy (non-hydrogen) atoms. The number of aliphatic carboxylic acids is 4. The summed E-state index contributed by atoms with van der Waals surface area (Å²) in [6.45, 7) is 15.8. The summed E-state index contributed by atoms with van der Waals surface area (Å²) in [5.41, 5.74) is 0. The Hall–Kier alpha value is -1.20. The number of hydrogen-bond donors (Lipinski definition) is 0. The van der Waals surface area contributed by atoms with Crippen molar-refractivity contribution in [1.29, 1.82) is 0 Å². The van der Waals surface area contributed by atoms with Crippen LogP contribution in [-0.4, -0.2) is 51.2 Å². The van der Waals surface area contributed by atoms with Crippen LogP contribution in [0.5, 0.6) is 0 Å². The van der Waals surface area contributed by atoms with Gasteiger partial charge in [-0.3, -0.25) is 0 Å². The van der Waals surface area contributed by atoms with Crippen molar-refractivity contribution >= 4 is 51.2 Å². The normalized spacial score (nSPS) is 12.7. The van der Waals surface area contributed by atoms with E-state index in [0.29, 0.717) is 25.7 Å². The van der Waals surface area contributed by atoms with Crippen molar-refractivity contribution in [3.63, 3.8) is 0 Å². The molecule has 240 valence electrons. The Morgan fingerprint density at radius 3 is 0.610 bits per heavy atom. The van der Waals surface area contributed by atoms with Crippen molar-refractivity contribution in [1.82, 2.24) is 0 Å². The van der Waals surface area contributed by atoms with E-state index in [1.165, 1.54) is 0 Å². The number of carboxylic acids is 4. The zero-order chi connectivity index (χ0) is 31.9. The van der Waals surface area contributed by atoms with Crippen LogP contribution in [0.4, 0.5) is 0 Å². The second-order valence-corrected chi connectivity index (χ2v) is 10.3. The number of rotatable bonds is 20. The number of hydrogen-bond acceptors (Lipinski definition) is 8. The van der Waals surface area contributed by atoms with Gasteiger partial charge in [0.2, 0.25) is 0 Å². The number of carbonyl (C=O) groups is 4. The third-order valence-corrected chi connectivity index (χ3v) is 6.93. The van der Waals surface area contributed by atoms with E-state index >= 15 is 0 Å². The Bertz CT molecular complexity index is 509. The van der Waals surface area contributed by atoms with Crippen LogP contribution in [-0.2, 0) is 19.2 Å². The average molecular weight is 780 g/mol. The van der Waals surface area contributed by atoms with Gasteiger partial charge in [-0.2, -0.15) is 0 Å². The molecule has 0 rings (SSSR count). The number of carbonyl (C=O) groups excluding carboxylic acids is 4. The second-order valence-electron chi connectivity index (χ2n) is 10.3. The first-order chi connectivity index (χ1) is 18.9. The molecule has 9 heteroatoms. The fraction of sp³-hybridized carbons (Fsp3) is 0.875. The Morgan fingerprint density at radius 2 is 0.537 bits per heavy atom. The molecular weight excluding hydrogens is 720 g/mol. The Balaban J connectivity index is -0.000000139. The van der Waals surface area contributed by atoms with Crippen LogP contribution >= 0.6 is 0 Å². The predicted molar refractivity (Wildman–Crippen MR) is 159 cm³/mol. The number of unbranched alkanes of at least 4 members (excludes halogenated alkanes) is 4. The molecule has 0 amide bonds. The van der Waals surface area contributed by atoms with E-state index in [1.54, 1.807) is 0 Å². The molecule has 4 unspecified atom stereocenters. The minimum Gasteiger partial charge on any atom is -0.550 e. The van der Waals surface area contributed by atoms with Gasteiger partial charge < -0.3 is 39.6 Å². The molecule has 0 aliphatic carbocycles. The van der Waals surface area contributed by atoms with E-state index in [9.17, 15) is 39.6 Å². The van der Waals surface area contributed by atoms with Crippen LogP contribution in [0.15, 0.2) is 0 Å². The van der Waals surface area contributed by atoms with Crippen LogP contribution < -0.4 is 20.4 Å². The first-order valence-corrected chi connectivity index (χ1v) is 15.7. The smallest absolute Gasteiger partial charge is 0.550 e. The first kappa shape index (κ1) is 49.5. The maximum Gasteiger partial charge on any atom is 4.00 e. The second kappa shape index (κ2) is 36.8. The molecule has 0 fully saturated rings. The number of carboxylic acid groups (broad SMARTS) is 4. The third kappa shape index (κ3) is 34.9. The molecule has 8 nitrogen and oxygen atoms in total. The molecule has 0 saturated heterocycles. The van der Waals surface area contributed by atoms with E-state index in [0.717, 1.165) is 77.0 Å².